The molecule has 9 heavy (non-hydrogen) atoms. The average molecular weight is 150 g/mol. The van der Waals surface area contributed by atoms with Gasteiger partial charge in [-0.1, -0.05) is 26.2 Å². The zero-order chi connectivity index (χ0) is 7.11. The van der Waals surface area contributed by atoms with Gasteiger partial charge in [0.25, 0.3) is 0 Å². The molecule has 0 aliphatic carbocycles. The Kier molecular flexibility index (Phi) is 6.55. The standard InChI is InChI=1S/C7H16ClN/c1-3-4-5-6-7-9(2)8/h3-7H2,1-2H3. The summed E-state index contributed by atoms with van der Waals surface area (Å²) >= 11 is 5.59. The van der Waals surface area contributed by atoms with E-state index in [1.807, 2.05) is 7.05 Å². The summed E-state index contributed by atoms with van der Waals surface area (Å²) in [6.45, 7) is 3.23. The monoisotopic (exact) mass is 149 g/mol. The van der Waals surface area contributed by atoms with Crippen LogP contribution in [0.2, 0.25) is 0 Å². The lowest BCUT2D eigenvalue weighted by molar-refractivity contribution is 0.503. The van der Waals surface area contributed by atoms with Crippen LogP contribution in [-0.2, 0) is 0 Å². The molecule has 0 saturated heterocycles. The zero-order valence-electron chi connectivity index (χ0n) is 6.36. The van der Waals surface area contributed by atoms with E-state index in [0.717, 1.165) is 6.54 Å². The number of nitrogens with zero attached hydrogens (tertiary/aromatic N) is 1. The molecular formula is C7H16ClN. The first kappa shape index (κ1) is 9.25. The molecule has 0 bridgehead atoms. The van der Waals surface area contributed by atoms with Crippen LogP contribution in [0.4, 0.5) is 0 Å². The number of unbranched alkanes of at least 4 members (excludes halogenated alkanes) is 3. The Morgan fingerprint density at radius 3 is 2.33 bits per heavy atom. The molecule has 0 spiro atoms. The molecule has 56 valence electrons. The van der Waals surface area contributed by atoms with Gasteiger partial charge >= 0.3 is 0 Å². The highest BCUT2D eigenvalue weighted by molar-refractivity contribution is 6.13. The van der Waals surface area contributed by atoms with Crippen LogP contribution in [0.25, 0.3) is 0 Å². The van der Waals surface area contributed by atoms with Gasteiger partial charge in [-0.05, 0) is 18.2 Å². The van der Waals surface area contributed by atoms with Crippen molar-refractivity contribution < 1.29 is 0 Å². The van der Waals surface area contributed by atoms with Gasteiger partial charge < -0.3 is 0 Å². The van der Waals surface area contributed by atoms with E-state index >= 15 is 0 Å². The minimum atomic E-state index is 1.02. The highest BCUT2D eigenvalue weighted by Gasteiger charge is 1.90. The van der Waals surface area contributed by atoms with Gasteiger partial charge in [0.05, 0.1) is 0 Å². The van der Waals surface area contributed by atoms with E-state index in [4.69, 9.17) is 11.8 Å². The molecular weight excluding hydrogens is 134 g/mol. The molecule has 0 saturated carbocycles. The average Bonchev–Trinajstić information content (AvgIpc) is 1.80. The third kappa shape index (κ3) is 8.25. The van der Waals surface area contributed by atoms with Gasteiger partial charge in [0.15, 0.2) is 0 Å². The molecule has 0 aromatic rings. The molecule has 1 nitrogen and oxygen atoms in total. The fourth-order valence-electron chi connectivity index (χ4n) is 0.756. The van der Waals surface area contributed by atoms with E-state index in [2.05, 4.69) is 6.92 Å². The van der Waals surface area contributed by atoms with Crippen LogP contribution in [-0.4, -0.2) is 18.0 Å². The van der Waals surface area contributed by atoms with Crippen LogP contribution < -0.4 is 0 Å². The minimum Gasteiger partial charge on any atom is -0.223 e. The normalized spacial score (nSPS) is 10.7. The molecule has 0 amide bonds. The fourth-order valence-corrected chi connectivity index (χ4v) is 0.876. The summed E-state index contributed by atoms with van der Waals surface area (Å²) in [6, 6.07) is 0. The van der Waals surface area contributed by atoms with Gasteiger partial charge in [0.2, 0.25) is 0 Å². The summed E-state index contributed by atoms with van der Waals surface area (Å²) in [5.74, 6) is 0. The topological polar surface area (TPSA) is 3.24 Å². The third-order valence-electron chi connectivity index (χ3n) is 1.32. The lowest BCUT2D eigenvalue weighted by atomic mass is 10.2. The molecule has 0 radical (unpaired) electrons. The van der Waals surface area contributed by atoms with E-state index in [1.165, 1.54) is 25.7 Å². The molecule has 0 aromatic heterocycles. The number of rotatable bonds is 5. The molecule has 0 rings (SSSR count). The third-order valence-corrected chi connectivity index (χ3v) is 1.49. The minimum absolute atomic E-state index is 1.02. The highest BCUT2D eigenvalue weighted by Crippen LogP contribution is 2.00. The molecule has 0 heterocycles. The van der Waals surface area contributed by atoms with E-state index in [-0.39, 0.29) is 0 Å². The summed E-state index contributed by atoms with van der Waals surface area (Å²) in [6.07, 6.45) is 5.18. The van der Waals surface area contributed by atoms with Crippen LogP contribution in [0, 0.1) is 0 Å². The summed E-state index contributed by atoms with van der Waals surface area (Å²) in [5, 5.41) is 0. The molecule has 0 unspecified atom stereocenters. The van der Waals surface area contributed by atoms with Crippen molar-refractivity contribution in [2.24, 2.45) is 0 Å². The Labute approximate surface area is 63.1 Å². The van der Waals surface area contributed by atoms with Crippen LogP contribution in [0.5, 0.6) is 0 Å². The maximum atomic E-state index is 5.59. The van der Waals surface area contributed by atoms with Gasteiger partial charge in [0, 0.05) is 13.6 Å². The van der Waals surface area contributed by atoms with Crippen LogP contribution in [0.3, 0.4) is 0 Å². The zero-order valence-corrected chi connectivity index (χ0v) is 7.12. The van der Waals surface area contributed by atoms with E-state index in [9.17, 15) is 0 Å². The van der Waals surface area contributed by atoms with Gasteiger partial charge in [0.1, 0.15) is 0 Å². The fraction of sp³-hybridized carbons (Fsp3) is 1.00. The largest absolute Gasteiger partial charge is 0.223 e. The lowest BCUT2D eigenvalue weighted by Crippen LogP contribution is -2.05. The van der Waals surface area contributed by atoms with Gasteiger partial charge in [-0.3, -0.25) is 0 Å². The van der Waals surface area contributed by atoms with Crippen molar-refractivity contribution in [3.8, 4) is 0 Å². The summed E-state index contributed by atoms with van der Waals surface area (Å²) in [7, 11) is 1.90. The Bertz CT molecular complexity index is 54.9. The van der Waals surface area contributed by atoms with Crippen LogP contribution in [0.15, 0.2) is 0 Å². The van der Waals surface area contributed by atoms with Gasteiger partial charge in [-0.25, -0.2) is 4.42 Å². The first-order chi connectivity index (χ1) is 4.27. The molecule has 0 atom stereocenters. The van der Waals surface area contributed by atoms with Crippen molar-refractivity contribution in [3.05, 3.63) is 0 Å². The Hall–Kier alpha value is 0.250. The number of hydrogen-bond acceptors (Lipinski definition) is 1. The Morgan fingerprint density at radius 2 is 1.89 bits per heavy atom. The van der Waals surface area contributed by atoms with Gasteiger partial charge in [-0.15, -0.1) is 0 Å². The van der Waals surface area contributed by atoms with Crippen molar-refractivity contribution >= 4 is 11.8 Å². The SMILES string of the molecule is CCCCCCN(C)Cl. The Balaban J connectivity index is 2.75. The second kappa shape index (κ2) is 6.37. The molecule has 2 heteroatoms. The van der Waals surface area contributed by atoms with Crippen molar-refractivity contribution in [2.75, 3.05) is 13.6 Å². The predicted molar refractivity (Wildman–Crippen MR) is 42.6 cm³/mol. The number of halogens is 1. The van der Waals surface area contributed by atoms with Crippen molar-refractivity contribution in [2.45, 2.75) is 32.6 Å². The van der Waals surface area contributed by atoms with Crippen LogP contribution in [0.1, 0.15) is 32.6 Å². The predicted octanol–water partition coefficient (Wildman–Crippen LogP) is 2.65. The van der Waals surface area contributed by atoms with E-state index < -0.39 is 0 Å². The molecule has 0 aliphatic heterocycles. The second-order valence-electron chi connectivity index (χ2n) is 2.39. The lowest BCUT2D eigenvalue weighted by Gasteiger charge is -2.04. The van der Waals surface area contributed by atoms with Crippen molar-refractivity contribution in [1.82, 2.24) is 4.42 Å². The van der Waals surface area contributed by atoms with Crippen molar-refractivity contribution in [1.29, 1.82) is 0 Å². The maximum absolute atomic E-state index is 5.59. The van der Waals surface area contributed by atoms with E-state index in [1.54, 1.807) is 4.42 Å². The molecule has 0 N–H and O–H groups in total. The second-order valence-corrected chi connectivity index (χ2v) is 2.97. The molecule has 0 aliphatic rings. The van der Waals surface area contributed by atoms with Crippen LogP contribution >= 0.6 is 11.8 Å². The summed E-state index contributed by atoms with van der Waals surface area (Å²) < 4.78 is 1.72. The summed E-state index contributed by atoms with van der Waals surface area (Å²) in [4.78, 5) is 0. The molecule has 0 aromatic carbocycles. The number of hydrogen-bond donors (Lipinski definition) is 0. The highest BCUT2D eigenvalue weighted by atomic mass is 35.5. The van der Waals surface area contributed by atoms with Crippen molar-refractivity contribution in [3.63, 3.8) is 0 Å². The summed E-state index contributed by atoms with van der Waals surface area (Å²) in [5.41, 5.74) is 0. The molecule has 0 fully saturated rings. The first-order valence-electron chi connectivity index (χ1n) is 3.64. The quantitative estimate of drug-likeness (QED) is 0.429. The maximum Gasteiger partial charge on any atom is 0.0135 e. The Morgan fingerprint density at radius 1 is 1.22 bits per heavy atom. The first-order valence-corrected chi connectivity index (χ1v) is 3.98. The smallest absolute Gasteiger partial charge is 0.0135 e. The van der Waals surface area contributed by atoms with Gasteiger partial charge in [-0.2, -0.15) is 0 Å². The van der Waals surface area contributed by atoms with E-state index in [0.29, 0.717) is 0 Å².